The Labute approximate surface area is 131 Å². The zero-order valence-electron chi connectivity index (χ0n) is 13.4. The molecule has 1 unspecified atom stereocenters. The molecular formula is C15H25N5O2. The molecule has 7 heteroatoms. The van der Waals surface area contributed by atoms with Gasteiger partial charge in [-0.3, -0.25) is 10.00 Å². The Balaban J connectivity index is 1.57. The van der Waals surface area contributed by atoms with Crippen LogP contribution in [0.5, 0.6) is 0 Å². The first kappa shape index (κ1) is 15.3. The van der Waals surface area contributed by atoms with E-state index in [1.54, 1.807) is 4.68 Å². The summed E-state index contributed by atoms with van der Waals surface area (Å²) in [7, 11) is 1.82. The molecule has 0 aliphatic carbocycles. The fourth-order valence-corrected chi connectivity index (χ4v) is 3.46. The molecule has 2 aliphatic rings. The summed E-state index contributed by atoms with van der Waals surface area (Å²) in [5.41, 5.74) is 0. The van der Waals surface area contributed by atoms with E-state index in [0.717, 1.165) is 51.4 Å². The summed E-state index contributed by atoms with van der Waals surface area (Å²) in [6.07, 6.45) is 4.54. The normalized spacial score (nSPS) is 23.5. The molecule has 1 atom stereocenters. The third-order valence-corrected chi connectivity index (χ3v) is 4.88. The standard InChI is InChI=1S/C15H25N5O2/c1-11-16-14(18-19(11)2)17-15(21)20-7-3-4-13(10-20)12-5-8-22-9-6-12/h12-13H,3-10H2,1-2H3,(H,17,18,21). The van der Waals surface area contributed by atoms with Gasteiger partial charge in [-0.05, 0) is 44.4 Å². The zero-order chi connectivity index (χ0) is 15.5. The number of piperidine rings is 1. The number of hydrogen-bond acceptors (Lipinski definition) is 4. The largest absolute Gasteiger partial charge is 0.381 e. The van der Waals surface area contributed by atoms with Gasteiger partial charge in [0.15, 0.2) is 0 Å². The molecule has 0 spiro atoms. The number of likely N-dealkylation sites (tertiary alicyclic amines) is 1. The Morgan fingerprint density at radius 3 is 2.73 bits per heavy atom. The first-order valence-electron chi connectivity index (χ1n) is 8.15. The first-order valence-corrected chi connectivity index (χ1v) is 8.15. The lowest BCUT2D eigenvalue weighted by molar-refractivity contribution is 0.0322. The van der Waals surface area contributed by atoms with Gasteiger partial charge in [0.2, 0.25) is 5.95 Å². The summed E-state index contributed by atoms with van der Waals surface area (Å²) in [5.74, 6) is 2.47. The average molecular weight is 307 g/mol. The molecule has 3 heterocycles. The van der Waals surface area contributed by atoms with E-state index < -0.39 is 0 Å². The van der Waals surface area contributed by atoms with Crippen LogP contribution in [0.1, 0.15) is 31.5 Å². The second-order valence-corrected chi connectivity index (χ2v) is 6.33. The molecule has 2 aliphatic heterocycles. The minimum atomic E-state index is -0.0811. The van der Waals surface area contributed by atoms with E-state index in [2.05, 4.69) is 15.4 Å². The van der Waals surface area contributed by atoms with Crippen LogP contribution in [0.3, 0.4) is 0 Å². The lowest BCUT2D eigenvalue weighted by Gasteiger charge is -2.38. The van der Waals surface area contributed by atoms with Crippen molar-refractivity contribution in [3.8, 4) is 0 Å². The quantitative estimate of drug-likeness (QED) is 0.904. The average Bonchev–Trinajstić information content (AvgIpc) is 2.86. The molecule has 22 heavy (non-hydrogen) atoms. The summed E-state index contributed by atoms with van der Waals surface area (Å²) in [4.78, 5) is 18.6. The Morgan fingerprint density at radius 1 is 1.27 bits per heavy atom. The number of aryl methyl sites for hydroxylation is 2. The number of rotatable bonds is 2. The van der Waals surface area contributed by atoms with Gasteiger partial charge in [-0.25, -0.2) is 4.79 Å². The molecule has 0 bridgehead atoms. The summed E-state index contributed by atoms with van der Waals surface area (Å²) >= 11 is 0. The van der Waals surface area contributed by atoms with Crippen LogP contribution in [-0.4, -0.2) is 52.0 Å². The van der Waals surface area contributed by atoms with Gasteiger partial charge in [-0.15, -0.1) is 5.10 Å². The van der Waals surface area contributed by atoms with Crippen molar-refractivity contribution in [1.29, 1.82) is 0 Å². The molecule has 1 aromatic rings. The Kier molecular flexibility index (Phi) is 4.61. The van der Waals surface area contributed by atoms with Crippen molar-refractivity contribution in [3.63, 3.8) is 0 Å². The fraction of sp³-hybridized carbons (Fsp3) is 0.800. The van der Waals surface area contributed by atoms with Crippen molar-refractivity contribution >= 4 is 12.0 Å². The van der Waals surface area contributed by atoms with Crippen LogP contribution in [0.25, 0.3) is 0 Å². The Bertz CT molecular complexity index is 505. The number of carbonyl (C=O) groups is 1. The van der Waals surface area contributed by atoms with Crippen molar-refractivity contribution in [1.82, 2.24) is 19.7 Å². The minimum absolute atomic E-state index is 0.0811. The molecule has 2 fully saturated rings. The van der Waals surface area contributed by atoms with Gasteiger partial charge < -0.3 is 9.64 Å². The summed E-state index contributed by atoms with van der Waals surface area (Å²) in [6.45, 7) is 5.25. The molecule has 1 aromatic heterocycles. The van der Waals surface area contributed by atoms with E-state index in [1.807, 2.05) is 18.9 Å². The molecular weight excluding hydrogens is 282 g/mol. The maximum Gasteiger partial charge on any atom is 0.324 e. The number of amides is 2. The van der Waals surface area contributed by atoms with Gasteiger partial charge in [0.25, 0.3) is 0 Å². The number of urea groups is 1. The van der Waals surface area contributed by atoms with Gasteiger partial charge in [0.1, 0.15) is 5.82 Å². The SMILES string of the molecule is Cc1nc(NC(=O)N2CCCC(C3CCOCC3)C2)nn1C. The van der Waals surface area contributed by atoms with Gasteiger partial charge in [0.05, 0.1) is 0 Å². The second kappa shape index (κ2) is 6.64. The van der Waals surface area contributed by atoms with Crippen LogP contribution in [0.15, 0.2) is 0 Å². The second-order valence-electron chi connectivity index (χ2n) is 6.33. The minimum Gasteiger partial charge on any atom is -0.381 e. The molecule has 2 saturated heterocycles. The predicted molar refractivity (Wildman–Crippen MR) is 82.6 cm³/mol. The highest BCUT2D eigenvalue weighted by Gasteiger charge is 2.30. The summed E-state index contributed by atoms with van der Waals surface area (Å²) < 4.78 is 7.11. The van der Waals surface area contributed by atoms with Crippen LogP contribution in [0, 0.1) is 18.8 Å². The topological polar surface area (TPSA) is 72.3 Å². The van der Waals surface area contributed by atoms with Crippen LogP contribution >= 0.6 is 0 Å². The lowest BCUT2D eigenvalue weighted by atomic mass is 9.81. The van der Waals surface area contributed by atoms with E-state index in [0.29, 0.717) is 17.8 Å². The fourth-order valence-electron chi connectivity index (χ4n) is 3.46. The summed E-state index contributed by atoms with van der Waals surface area (Å²) in [6, 6.07) is -0.0811. The smallest absolute Gasteiger partial charge is 0.324 e. The highest BCUT2D eigenvalue weighted by molar-refractivity contribution is 5.87. The third-order valence-electron chi connectivity index (χ3n) is 4.88. The van der Waals surface area contributed by atoms with Crippen molar-refractivity contribution in [2.24, 2.45) is 18.9 Å². The van der Waals surface area contributed by atoms with E-state index >= 15 is 0 Å². The van der Waals surface area contributed by atoms with E-state index in [-0.39, 0.29) is 6.03 Å². The highest BCUT2D eigenvalue weighted by Crippen LogP contribution is 2.30. The van der Waals surface area contributed by atoms with Crippen molar-refractivity contribution in [2.45, 2.75) is 32.6 Å². The number of anilines is 1. The first-order chi connectivity index (χ1) is 10.6. The van der Waals surface area contributed by atoms with Crippen molar-refractivity contribution in [2.75, 3.05) is 31.6 Å². The number of carbonyl (C=O) groups excluding carboxylic acids is 1. The van der Waals surface area contributed by atoms with Crippen LogP contribution in [0.4, 0.5) is 10.7 Å². The number of nitrogens with zero attached hydrogens (tertiary/aromatic N) is 4. The molecule has 0 saturated carbocycles. The van der Waals surface area contributed by atoms with E-state index in [9.17, 15) is 4.79 Å². The number of nitrogens with one attached hydrogen (secondary N) is 1. The molecule has 2 amide bonds. The van der Waals surface area contributed by atoms with Gasteiger partial charge in [-0.1, -0.05) is 0 Å². The number of hydrogen-bond donors (Lipinski definition) is 1. The predicted octanol–water partition coefficient (Wildman–Crippen LogP) is 1.79. The third kappa shape index (κ3) is 3.40. The monoisotopic (exact) mass is 307 g/mol. The number of ether oxygens (including phenoxy) is 1. The van der Waals surface area contributed by atoms with Gasteiger partial charge >= 0.3 is 6.03 Å². The molecule has 0 aromatic carbocycles. The Morgan fingerprint density at radius 2 is 2.05 bits per heavy atom. The van der Waals surface area contributed by atoms with Crippen LogP contribution < -0.4 is 5.32 Å². The van der Waals surface area contributed by atoms with Crippen LogP contribution in [-0.2, 0) is 11.8 Å². The molecule has 0 radical (unpaired) electrons. The maximum atomic E-state index is 12.4. The maximum absolute atomic E-state index is 12.4. The van der Waals surface area contributed by atoms with Crippen molar-refractivity contribution < 1.29 is 9.53 Å². The van der Waals surface area contributed by atoms with Gasteiger partial charge in [0, 0.05) is 33.4 Å². The zero-order valence-corrected chi connectivity index (χ0v) is 13.4. The van der Waals surface area contributed by atoms with Crippen LogP contribution in [0.2, 0.25) is 0 Å². The molecule has 7 nitrogen and oxygen atoms in total. The number of aromatic nitrogens is 3. The summed E-state index contributed by atoms with van der Waals surface area (Å²) in [5, 5.41) is 7.00. The van der Waals surface area contributed by atoms with Gasteiger partial charge in [-0.2, -0.15) is 4.98 Å². The van der Waals surface area contributed by atoms with E-state index in [1.165, 1.54) is 6.42 Å². The molecule has 3 rings (SSSR count). The van der Waals surface area contributed by atoms with E-state index in [4.69, 9.17) is 4.74 Å². The molecule has 1 N–H and O–H groups in total. The highest BCUT2D eigenvalue weighted by atomic mass is 16.5. The molecule has 122 valence electrons. The lowest BCUT2D eigenvalue weighted by Crippen LogP contribution is -2.45. The Hall–Kier alpha value is -1.63. The van der Waals surface area contributed by atoms with Crippen molar-refractivity contribution in [3.05, 3.63) is 5.82 Å².